The molecule has 1 atom stereocenters. The SMILES string of the molecule is NC(=O)n1cc(CC(=O)N2CCS[C@H]2C(=O)CCc2cccc(Cl)c2F)c2cc(OCCO)ccc21. The number of ketones is 1. The minimum absolute atomic E-state index is 0.00652. The summed E-state index contributed by atoms with van der Waals surface area (Å²) in [5, 5.41) is 8.98. The van der Waals surface area contributed by atoms with E-state index >= 15 is 0 Å². The van der Waals surface area contributed by atoms with Gasteiger partial charge in [0.15, 0.2) is 5.78 Å². The van der Waals surface area contributed by atoms with E-state index in [-0.39, 0.29) is 49.2 Å². The first-order valence-corrected chi connectivity index (χ1v) is 12.8. The smallest absolute Gasteiger partial charge is 0.323 e. The number of rotatable bonds is 9. The summed E-state index contributed by atoms with van der Waals surface area (Å²) >= 11 is 7.21. The summed E-state index contributed by atoms with van der Waals surface area (Å²) in [5.74, 6) is 0.121. The van der Waals surface area contributed by atoms with Gasteiger partial charge < -0.3 is 20.5 Å². The van der Waals surface area contributed by atoms with Gasteiger partial charge in [-0.05, 0) is 41.8 Å². The Morgan fingerprint density at radius 2 is 2.03 bits per heavy atom. The molecule has 1 aliphatic rings. The van der Waals surface area contributed by atoms with Crippen LogP contribution in [0, 0.1) is 5.82 Å². The average molecular weight is 534 g/mol. The molecule has 1 aromatic heterocycles. The second-order valence-electron chi connectivity index (χ2n) is 8.28. The highest BCUT2D eigenvalue weighted by molar-refractivity contribution is 8.00. The van der Waals surface area contributed by atoms with Crippen LogP contribution in [0.2, 0.25) is 5.02 Å². The lowest BCUT2D eigenvalue weighted by atomic mass is 10.1. The Balaban J connectivity index is 1.50. The van der Waals surface area contributed by atoms with E-state index < -0.39 is 17.2 Å². The zero-order valence-electron chi connectivity index (χ0n) is 19.3. The summed E-state index contributed by atoms with van der Waals surface area (Å²) in [6.07, 6.45) is 1.73. The van der Waals surface area contributed by atoms with Crippen LogP contribution in [0.15, 0.2) is 42.6 Å². The van der Waals surface area contributed by atoms with E-state index in [4.69, 9.17) is 27.2 Å². The number of hydrogen-bond donors (Lipinski definition) is 2. The number of nitrogens with two attached hydrogens (primary N) is 1. The summed E-state index contributed by atoms with van der Waals surface area (Å²) in [4.78, 5) is 39.7. The van der Waals surface area contributed by atoms with Gasteiger partial charge in [-0.1, -0.05) is 23.7 Å². The second kappa shape index (κ2) is 11.3. The first kappa shape index (κ1) is 26.0. The maximum absolute atomic E-state index is 14.2. The largest absolute Gasteiger partial charge is 0.491 e. The molecule has 8 nitrogen and oxygen atoms in total. The fourth-order valence-electron chi connectivity index (χ4n) is 4.23. The Kier molecular flexibility index (Phi) is 8.17. The molecule has 3 N–H and O–H groups in total. The van der Waals surface area contributed by atoms with Crippen LogP contribution in [0.4, 0.5) is 9.18 Å². The molecule has 3 aromatic rings. The number of primary amides is 1. The molecule has 0 saturated carbocycles. The van der Waals surface area contributed by atoms with Crippen LogP contribution < -0.4 is 10.5 Å². The number of Topliss-reactive ketones (excluding diaryl/α,β-unsaturated/α-hetero) is 1. The summed E-state index contributed by atoms with van der Waals surface area (Å²) < 4.78 is 20.9. The number of aryl methyl sites for hydroxylation is 1. The van der Waals surface area contributed by atoms with Crippen molar-refractivity contribution in [3.63, 3.8) is 0 Å². The van der Waals surface area contributed by atoms with E-state index in [2.05, 4.69) is 0 Å². The first-order valence-electron chi connectivity index (χ1n) is 11.3. The van der Waals surface area contributed by atoms with Crippen molar-refractivity contribution in [2.75, 3.05) is 25.5 Å². The standard InChI is InChI=1S/C25H25ClFN3O5S/c26-19-3-1-2-15(23(19)27)4-7-21(32)24-29(8-11-36-24)22(33)12-16-14-30(25(28)34)20-6-5-17(13-18(16)20)35-10-9-31/h1-3,5-6,13-14,24,31H,4,7-12H2,(H2,28,34)/t24-/m0/s1. The van der Waals surface area contributed by atoms with Crippen LogP contribution in [0.1, 0.15) is 17.5 Å². The molecule has 0 bridgehead atoms. The van der Waals surface area contributed by atoms with Crippen molar-refractivity contribution in [2.45, 2.75) is 24.6 Å². The van der Waals surface area contributed by atoms with Crippen LogP contribution >= 0.6 is 23.4 Å². The Hall–Kier alpha value is -3.08. The summed E-state index contributed by atoms with van der Waals surface area (Å²) in [6, 6.07) is 8.98. The number of halogens is 2. The number of nitrogens with zero attached hydrogens (tertiary/aromatic N) is 2. The Labute approximate surface area is 216 Å². The van der Waals surface area contributed by atoms with Crippen LogP contribution in [0.3, 0.4) is 0 Å². The van der Waals surface area contributed by atoms with Gasteiger partial charge in [-0.3, -0.25) is 14.2 Å². The topological polar surface area (TPSA) is 115 Å². The minimum Gasteiger partial charge on any atom is -0.491 e. The van der Waals surface area contributed by atoms with Crippen molar-refractivity contribution in [3.8, 4) is 5.75 Å². The molecular formula is C25H25ClFN3O5S. The Bertz CT molecular complexity index is 1310. The number of carbonyl (C=O) groups excluding carboxylic acids is 3. The van der Waals surface area contributed by atoms with Crippen molar-refractivity contribution < 1.29 is 28.6 Å². The van der Waals surface area contributed by atoms with E-state index in [1.807, 2.05) is 0 Å². The monoisotopic (exact) mass is 533 g/mol. The number of aliphatic hydroxyl groups is 1. The van der Waals surface area contributed by atoms with Crippen molar-refractivity contribution in [1.82, 2.24) is 9.47 Å². The van der Waals surface area contributed by atoms with Gasteiger partial charge in [0.25, 0.3) is 0 Å². The van der Waals surface area contributed by atoms with Crippen molar-refractivity contribution in [1.29, 1.82) is 0 Å². The molecule has 0 aliphatic carbocycles. The number of hydrogen-bond acceptors (Lipinski definition) is 6. The molecule has 36 heavy (non-hydrogen) atoms. The lowest BCUT2D eigenvalue weighted by molar-refractivity contribution is -0.135. The predicted octanol–water partition coefficient (Wildman–Crippen LogP) is 3.38. The zero-order chi connectivity index (χ0) is 25.8. The number of aromatic nitrogens is 1. The molecule has 1 aliphatic heterocycles. The lowest BCUT2D eigenvalue weighted by Gasteiger charge is -2.23. The Morgan fingerprint density at radius 3 is 2.78 bits per heavy atom. The van der Waals surface area contributed by atoms with Crippen LogP contribution in [-0.2, 0) is 22.4 Å². The molecule has 0 spiro atoms. The number of amides is 2. The number of aliphatic hydroxyl groups excluding tert-OH is 1. The second-order valence-corrected chi connectivity index (χ2v) is 9.88. The van der Waals surface area contributed by atoms with E-state index in [9.17, 15) is 18.8 Å². The maximum atomic E-state index is 14.2. The van der Waals surface area contributed by atoms with E-state index in [1.54, 1.807) is 30.3 Å². The maximum Gasteiger partial charge on any atom is 0.323 e. The summed E-state index contributed by atoms with van der Waals surface area (Å²) in [5.41, 5.74) is 6.95. The van der Waals surface area contributed by atoms with Gasteiger partial charge in [0.1, 0.15) is 23.5 Å². The normalized spacial score (nSPS) is 15.4. The number of benzene rings is 2. The van der Waals surface area contributed by atoms with Crippen molar-refractivity contribution >= 4 is 52.0 Å². The van der Waals surface area contributed by atoms with Crippen molar-refractivity contribution in [2.24, 2.45) is 5.73 Å². The fourth-order valence-corrected chi connectivity index (χ4v) is 5.66. The third-order valence-electron chi connectivity index (χ3n) is 5.96. The van der Waals surface area contributed by atoms with Crippen LogP contribution in [-0.4, -0.2) is 63.2 Å². The molecule has 0 unspecified atom stereocenters. The third kappa shape index (κ3) is 5.50. The van der Waals surface area contributed by atoms with E-state index in [0.29, 0.717) is 40.1 Å². The van der Waals surface area contributed by atoms with Gasteiger partial charge in [-0.2, -0.15) is 0 Å². The van der Waals surface area contributed by atoms with Crippen LogP contribution in [0.25, 0.3) is 10.9 Å². The van der Waals surface area contributed by atoms with Gasteiger partial charge in [0.2, 0.25) is 5.91 Å². The van der Waals surface area contributed by atoms with Gasteiger partial charge in [-0.15, -0.1) is 11.8 Å². The predicted molar refractivity (Wildman–Crippen MR) is 136 cm³/mol. The number of ether oxygens (including phenoxy) is 1. The molecular weight excluding hydrogens is 509 g/mol. The zero-order valence-corrected chi connectivity index (χ0v) is 20.9. The fraction of sp³-hybridized carbons (Fsp3) is 0.320. The molecule has 2 aromatic carbocycles. The molecule has 4 rings (SSSR count). The van der Waals surface area contributed by atoms with Gasteiger partial charge in [-0.25, -0.2) is 9.18 Å². The molecule has 11 heteroatoms. The number of carbonyl (C=O) groups is 3. The summed E-state index contributed by atoms with van der Waals surface area (Å²) in [6.45, 7) is 0.354. The van der Waals surface area contributed by atoms with Gasteiger partial charge in [0.05, 0.1) is 23.6 Å². The number of thioether (sulfide) groups is 1. The lowest BCUT2D eigenvalue weighted by Crippen LogP contribution is -2.40. The molecule has 1 saturated heterocycles. The highest BCUT2D eigenvalue weighted by Crippen LogP contribution is 2.30. The highest BCUT2D eigenvalue weighted by Gasteiger charge is 2.34. The minimum atomic E-state index is -0.694. The van der Waals surface area contributed by atoms with Gasteiger partial charge >= 0.3 is 6.03 Å². The molecule has 1 fully saturated rings. The van der Waals surface area contributed by atoms with E-state index in [1.165, 1.54) is 33.5 Å². The Morgan fingerprint density at radius 1 is 1.22 bits per heavy atom. The van der Waals surface area contributed by atoms with Gasteiger partial charge in [0, 0.05) is 30.3 Å². The molecule has 190 valence electrons. The third-order valence-corrected chi connectivity index (χ3v) is 7.50. The highest BCUT2D eigenvalue weighted by atomic mass is 35.5. The summed E-state index contributed by atoms with van der Waals surface area (Å²) in [7, 11) is 0. The van der Waals surface area contributed by atoms with Crippen LogP contribution in [0.5, 0.6) is 5.75 Å². The average Bonchev–Trinajstić information content (AvgIpc) is 3.49. The van der Waals surface area contributed by atoms with E-state index in [0.717, 1.165) is 0 Å². The quantitative estimate of drug-likeness (QED) is 0.436. The first-order chi connectivity index (χ1) is 17.3. The molecule has 2 heterocycles. The number of fused-ring (bicyclic) bond motifs is 1. The van der Waals surface area contributed by atoms with Crippen molar-refractivity contribution in [3.05, 3.63) is 64.6 Å². The molecule has 0 radical (unpaired) electrons. The molecule has 2 amide bonds.